The van der Waals surface area contributed by atoms with Crippen molar-refractivity contribution in [1.82, 2.24) is 0 Å². The Bertz CT molecular complexity index is 256. The van der Waals surface area contributed by atoms with E-state index in [0.717, 1.165) is 11.3 Å². The summed E-state index contributed by atoms with van der Waals surface area (Å²) in [6.45, 7) is 2.43. The van der Waals surface area contributed by atoms with E-state index in [0.29, 0.717) is 6.61 Å². The van der Waals surface area contributed by atoms with Gasteiger partial charge in [0.15, 0.2) is 6.10 Å². The molecule has 1 aromatic heterocycles. The Morgan fingerprint density at radius 2 is 2.54 bits per heavy atom. The zero-order valence-corrected chi connectivity index (χ0v) is 8.21. The molecule has 1 aromatic rings. The molecule has 0 amide bonds. The molecule has 1 atom stereocenters. The Labute approximate surface area is 81.0 Å². The first-order valence-corrected chi connectivity index (χ1v) is 5.01. The predicted molar refractivity (Wildman–Crippen MR) is 50.9 cm³/mol. The van der Waals surface area contributed by atoms with Crippen LogP contribution in [0.1, 0.15) is 24.3 Å². The number of thiophene rings is 1. The summed E-state index contributed by atoms with van der Waals surface area (Å²) in [5, 5.41) is 10.7. The highest BCUT2D eigenvalue weighted by Crippen LogP contribution is 2.22. The second kappa shape index (κ2) is 4.99. The Balaban J connectivity index is 2.63. The lowest BCUT2D eigenvalue weighted by Gasteiger charge is -2.10. The van der Waals surface area contributed by atoms with Crippen molar-refractivity contribution in [2.75, 3.05) is 6.61 Å². The van der Waals surface area contributed by atoms with Gasteiger partial charge in [0.05, 0.1) is 0 Å². The van der Waals surface area contributed by atoms with Crippen molar-refractivity contribution in [2.45, 2.75) is 19.4 Å². The van der Waals surface area contributed by atoms with E-state index < -0.39 is 12.1 Å². The lowest BCUT2D eigenvalue weighted by molar-refractivity contribution is -0.150. The maximum atomic E-state index is 10.8. The second-order valence-electron chi connectivity index (χ2n) is 2.60. The third-order valence-electron chi connectivity index (χ3n) is 1.51. The van der Waals surface area contributed by atoms with Crippen LogP contribution in [0.15, 0.2) is 17.5 Å². The summed E-state index contributed by atoms with van der Waals surface area (Å²) >= 11 is 1.40. The molecule has 3 nitrogen and oxygen atoms in total. The summed E-state index contributed by atoms with van der Waals surface area (Å²) in [7, 11) is 0. The van der Waals surface area contributed by atoms with Gasteiger partial charge in [0.1, 0.15) is 0 Å². The van der Waals surface area contributed by atoms with Gasteiger partial charge in [0, 0.05) is 11.5 Å². The first kappa shape index (κ1) is 10.2. The van der Waals surface area contributed by atoms with E-state index in [-0.39, 0.29) is 0 Å². The van der Waals surface area contributed by atoms with Crippen LogP contribution in [0, 0.1) is 0 Å². The third kappa shape index (κ3) is 2.82. The molecule has 0 spiro atoms. The van der Waals surface area contributed by atoms with Crippen LogP contribution in [0.5, 0.6) is 0 Å². The fraction of sp³-hybridized carbons (Fsp3) is 0.444. The van der Waals surface area contributed by atoms with Crippen molar-refractivity contribution >= 4 is 17.3 Å². The molecule has 0 aliphatic rings. The highest BCUT2D eigenvalue weighted by molar-refractivity contribution is 7.10. The van der Waals surface area contributed by atoms with Crippen LogP contribution in [-0.4, -0.2) is 17.7 Å². The van der Waals surface area contributed by atoms with E-state index in [1.165, 1.54) is 11.3 Å². The molecule has 0 aliphatic heterocycles. The summed E-state index contributed by atoms with van der Waals surface area (Å²) in [5.41, 5.74) is 0. The van der Waals surface area contributed by atoms with Gasteiger partial charge in [-0.2, -0.15) is 0 Å². The lowest BCUT2D eigenvalue weighted by atomic mass is 10.3. The van der Waals surface area contributed by atoms with Crippen LogP contribution in [0.25, 0.3) is 0 Å². The molecule has 0 saturated heterocycles. The van der Waals surface area contributed by atoms with Crippen molar-refractivity contribution in [3.8, 4) is 0 Å². The topological polar surface area (TPSA) is 46.5 Å². The van der Waals surface area contributed by atoms with Gasteiger partial charge in [0.2, 0.25) is 0 Å². The fourth-order valence-electron chi connectivity index (χ4n) is 0.951. The van der Waals surface area contributed by atoms with Crippen LogP contribution in [0.4, 0.5) is 0 Å². The minimum Gasteiger partial charge on any atom is -0.479 e. The smallest absolute Gasteiger partial charge is 0.338 e. The van der Waals surface area contributed by atoms with E-state index >= 15 is 0 Å². The van der Waals surface area contributed by atoms with Gasteiger partial charge < -0.3 is 9.84 Å². The van der Waals surface area contributed by atoms with Gasteiger partial charge in [-0.3, -0.25) is 0 Å². The van der Waals surface area contributed by atoms with E-state index in [9.17, 15) is 4.79 Å². The van der Waals surface area contributed by atoms with Gasteiger partial charge in [-0.25, -0.2) is 4.79 Å². The lowest BCUT2D eigenvalue weighted by Crippen LogP contribution is -2.14. The van der Waals surface area contributed by atoms with Gasteiger partial charge in [-0.05, 0) is 17.9 Å². The molecule has 0 fully saturated rings. The number of hydrogen-bond acceptors (Lipinski definition) is 3. The van der Waals surface area contributed by atoms with Crippen LogP contribution in [0.3, 0.4) is 0 Å². The van der Waals surface area contributed by atoms with Crippen molar-refractivity contribution < 1.29 is 14.6 Å². The second-order valence-corrected chi connectivity index (χ2v) is 3.58. The quantitative estimate of drug-likeness (QED) is 0.793. The average molecular weight is 200 g/mol. The zero-order chi connectivity index (χ0) is 9.68. The normalized spacial score (nSPS) is 12.7. The van der Waals surface area contributed by atoms with E-state index in [1.807, 2.05) is 18.4 Å². The predicted octanol–water partition coefficient (Wildman–Crippen LogP) is 2.30. The molecule has 4 heteroatoms. The molecule has 0 bridgehead atoms. The molecule has 1 unspecified atom stereocenters. The molecule has 0 saturated carbocycles. The van der Waals surface area contributed by atoms with Crippen LogP contribution >= 0.6 is 11.3 Å². The van der Waals surface area contributed by atoms with Gasteiger partial charge >= 0.3 is 5.97 Å². The molecular formula is C9H12O3S. The van der Waals surface area contributed by atoms with Gasteiger partial charge in [-0.1, -0.05) is 13.0 Å². The molecule has 0 aliphatic carbocycles. The molecule has 1 heterocycles. The third-order valence-corrected chi connectivity index (χ3v) is 2.43. The first-order chi connectivity index (χ1) is 6.25. The summed E-state index contributed by atoms with van der Waals surface area (Å²) in [6.07, 6.45) is 0.0368. The maximum absolute atomic E-state index is 10.8. The van der Waals surface area contributed by atoms with Crippen molar-refractivity contribution in [1.29, 1.82) is 0 Å². The number of carboxylic acid groups (broad SMARTS) is 1. The Kier molecular flexibility index (Phi) is 3.92. The standard InChI is InChI=1S/C9H12O3S/c1-2-5-12-8(9(10)11)7-4-3-6-13-7/h3-4,6,8H,2,5H2,1H3,(H,10,11). The molecular weight excluding hydrogens is 188 g/mol. The number of rotatable bonds is 5. The monoisotopic (exact) mass is 200 g/mol. The summed E-state index contributed by atoms with van der Waals surface area (Å²) < 4.78 is 5.21. The van der Waals surface area contributed by atoms with Crippen molar-refractivity contribution in [2.24, 2.45) is 0 Å². The first-order valence-electron chi connectivity index (χ1n) is 4.13. The van der Waals surface area contributed by atoms with Crippen molar-refractivity contribution in [3.05, 3.63) is 22.4 Å². The molecule has 1 rings (SSSR count). The molecule has 72 valence electrons. The highest BCUT2D eigenvalue weighted by atomic mass is 32.1. The average Bonchev–Trinajstić information content (AvgIpc) is 2.57. The minimum absolute atomic E-state index is 0.481. The summed E-state index contributed by atoms with van der Waals surface area (Å²) in [4.78, 5) is 11.5. The van der Waals surface area contributed by atoms with Crippen LogP contribution in [0.2, 0.25) is 0 Å². The fourth-order valence-corrected chi connectivity index (χ4v) is 1.72. The van der Waals surface area contributed by atoms with Gasteiger partial charge in [-0.15, -0.1) is 11.3 Å². The number of carboxylic acids is 1. The van der Waals surface area contributed by atoms with Crippen molar-refractivity contribution in [3.63, 3.8) is 0 Å². The molecule has 0 aromatic carbocycles. The molecule has 1 N–H and O–H groups in total. The number of carbonyl (C=O) groups is 1. The van der Waals surface area contributed by atoms with E-state index in [1.54, 1.807) is 6.07 Å². The van der Waals surface area contributed by atoms with Crippen LogP contribution in [-0.2, 0) is 9.53 Å². The Morgan fingerprint density at radius 1 is 1.77 bits per heavy atom. The van der Waals surface area contributed by atoms with E-state index in [4.69, 9.17) is 9.84 Å². The largest absolute Gasteiger partial charge is 0.479 e. The zero-order valence-electron chi connectivity index (χ0n) is 7.40. The SMILES string of the molecule is CCCOC(C(=O)O)c1cccs1. The highest BCUT2D eigenvalue weighted by Gasteiger charge is 2.20. The van der Waals surface area contributed by atoms with E-state index in [2.05, 4.69) is 0 Å². The molecule has 0 radical (unpaired) electrons. The number of ether oxygens (including phenoxy) is 1. The Morgan fingerprint density at radius 3 is 3.00 bits per heavy atom. The Hall–Kier alpha value is -0.870. The number of hydrogen-bond donors (Lipinski definition) is 1. The summed E-state index contributed by atoms with van der Waals surface area (Å²) in [5.74, 6) is -0.920. The molecule has 13 heavy (non-hydrogen) atoms. The minimum atomic E-state index is -0.920. The number of aliphatic carboxylic acids is 1. The summed E-state index contributed by atoms with van der Waals surface area (Å²) in [6, 6.07) is 3.60. The van der Waals surface area contributed by atoms with Gasteiger partial charge in [0.25, 0.3) is 0 Å². The maximum Gasteiger partial charge on any atom is 0.338 e. The van der Waals surface area contributed by atoms with Crippen LogP contribution < -0.4 is 0 Å².